The molecule has 0 aliphatic rings. The normalized spacial score (nSPS) is 10.7. The number of carboxylic acid groups (broad SMARTS) is 1. The number of nitrogen functional groups attached to an aromatic ring is 1. The second-order valence-corrected chi connectivity index (χ2v) is 2.56. The molecule has 0 radical (unpaired) electrons. The average molecular weight is 199 g/mol. The third-order valence-corrected chi connectivity index (χ3v) is 1.52. The Hall–Kier alpha value is -1.91. The van der Waals surface area contributed by atoms with Crippen molar-refractivity contribution in [1.82, 2.24) is 0 Å². The highest BCUT2D eigenvalue weighted by molar-refractivity contribution is 5.86. The minimum Gasteiger partial charge on any atom is -0.478 e. The number of carbonyl (C=O) groups is 1. The molecule has 1 rings (SSSR count). The van der Waals surface area contributed by atoms with E-state index >= 15 is 0 Å². The van der Waals surface area contributed by atoms with Gasteiger partial charge in [0.05, 0.1) is 0 Å². The van der Waals surface area contributed by atoms with Crippen LogP contribution in [0.15, 0.2) is 18.2 Å². The molecule has 0 aromatic heterocycles. The van der Waals surface area contributed by atoms with Gasteiger partial charge in [-0.05, 0) is 12.1 Å². The summed E-state index contributed by atoms with van der Waals surface area (Å²) >= 11 is 0. The monoisotopic (exact) mass is 199 g/mol. The number of benzene rings is 1. The molecule has 3 nitrogen and oxygen atoms in total. The summed E-state index contributed by atoms with van der Waals surface area (Å²) < 4.78 is 25.5. The minimum absolute atomic E-state index is 0.131. The van der Waals surface area contributed by atoms with Crippen molar-refractivity contribution in [2.24, 2.45) is 0 Å². The maximum Gasteiger partial charge on any atom is 0.328 e. The van der Waals surface area contributed by atoms with Gasteiger partial charge in [0, 0.05) is 23.4 Å². The van der Waals surface area contributed by atoms with Crippen LogP contribution in [0, 0.1) is 11.6 Å². The van der Waals surface area contributed by atoms with Crippen molar-refractivity contribution in [3.63, 3.8) is 0 Å². The van der Waals surface area contributed by atoms with E-state index in [1.54, 1.807) is 0 Å². The Balaban J connectivity index is 3.15. The van der Waals surface area contributed by atoms with Crippen molar-refractivity contribution in [1.29, 1.82) is 0 Å². The Kier molecular flexibility index (Phi) is 2.81. The summed E-state index contributed by atoms with van der Waals surface area (Å²) in [6, 6.07) is 1.56. The first-order valence-corrected chi connectivity index (χ1v) is 3.66. The van der Waals surface area contributed by atoms with Crippen molar-refractivity contribution in [3.05, 3.63) is 35.4 Å². The number of carboxylic acids is 1. The van der Waals surface area contributed by atoms with Crippen molar-refractivity contribution in [2.75, 3.05) is 5.73 Å². The Bertz CT molecular complexity index is 379. The number of anilines is 1. The van der Waals surface area contributed by atoms with Crippen molar-refractivity contribution >= 4 is 17.7 Å². The lowest BCUT2D eigenvalue weighted by atomic mass is 10.1. The van der Waals surface area contributed by atoms with Crippen molar-refractivity contribution in [2.45, 2.75) is 0 Å². The van der Waals surface area contributed by atoms with Crippen LogP contribution in [0.25, 0.3) is 6.08 Å². The molecule has 0 amide bonds. The standard InChI is InChI=1S/C9H7F2NO2/c10-5-3-7(11)6(8(12)4-5)1-2-9(13)14/h1-4H,12H2,(H,13,14). The first kappa shape index (κ1) is 10.2. The van der Waals surface area contributed by atoms with E-state index in [0.717, 1.165) is 18.2 Å². The van der Waals surface area contributed by atoms with E-state index in [1.807, 2.05) is 0 Å². The molecule has 5 heteroatoms. The van der Waals surface area contributed by atoms with Crippen LogP contribution in [0.1, 0.15) is 5.56 Å². The summed E-state index contributed by atoms with van der Waals surface area (Å²) in [7, 11) is 0. The molecule has 0 heterocycles. The van der Waals surface area contributed by atoms with E-state index in [-0.39, 0.29) is 11.3 Å². The molecule has 74 valence electrons. The molecule has 1 aromatic carbocycles. The van der Waals surface area contributed by atoms with Crippen LogP contribution in [-0.4, -0.2) is 11.1 Å². The van der Waals surface area contributed by atoms with Gasteiger partial charge < -0.3 is 10.8 Å². The Labute approximate surface area is 78.5 Å². The van der Waals surface area contributed by atoms with Gasteiger partial charge in [0.15, 0.2) is 0 Å². The van der Waals surface area contributed by atoms with Gasteiger partial charge in [0.25, 0.3) is 0 Å². The molecule has 0 saturated heterocycles. The number of nitrogens with two attached hydrogens (primary N) is 1. The molecule has 1 aromatic rings. The second kappa shape index (κ2) is 3.87. The lowest BCUT2D eigenvalue weighted by Crippen LogP contribution is -1.96. The fourth-order valence-corrected chi connectivity index (χ4v) is 0.935. The number of rotatable bonds is 2. The number of halogens is 2. The topological polar surface area (TPSA) is 63.3 Å². The Morgan fingerprint density at radius 1 is 1.43 bits per heavy atom. The minimum atomic E-state index is -1.23. The molecular weight excluding hydrogens is 192 g/mol. The van der Waals surface area contributed by atoms with Crippen LogP contribution < -0.4 is 5.73 Å². The Morgan fingerprint density at radius 3 is 2.57 bits per heavy atom. The number of hydrogen-bond acceptors (Lipinski definition) is 2. The number of hydrogen-bond donors (Lipinski definition) is 2. The number of aliphatic carboxylic acids is 1. The van der Waals surface area contributed by atoms with Crippen LogP contribution >= 0.6 is 0 Å². The van der Waals surface area contributed by atoms with Gasteiger partial charge >= 0.3 is 5.97 Å². The van der Waals surface area contributed by atoms with E-state index in [0.29, 0.717) is 6.07 Å². The van der Waals surface area contributed by atoms with Crippen LogP contribution in [0.4, 0.5) is 14.5 Å². The summed E-state index contributed by atoms with van der Waals surface area (Å²) in [6.07, 6.45) is 1.71. The highest BCUT2D eigenvalue weighted by Crippen LogP contribution is 2.19. The van der Waals surface area contributed by atoms with Gasteiger partial charge in [-0.15, -0.1) is 0 Å². The van der Waals surface area contributed by atoms with Gasteiger partial charge in [-0.3, -0.25) is 0 Å². The molecule has 0 saturated carbocycles. The van der Waals surface area contributed by atoms with E-state index in [4.69, 9.17) is 10.8 Å². The van der Waals surface area contributed by atoms with Gasteiger partial charge in [0.1, 0.15) is 11.6 Å². The zero-order valence-corrected chi connectivity index (χ0v) is 7.00. The molecule has 14 heavy (non-hydrogen) atoms. The summed E-state index contributed by atoms with van der Waals surface area (Å²) in [5.41, 5.74) is 5.01. The van der Waals surface area contributed by atoms with E-state index < -0.39 is 17.6 Å². The zero-order valence-electron chi connectivity index (χ0n) is 7.00. The predicted octanol–water partition coefficient (Wildman–Crippen LogP) is 1.64. The van der Waals surface area contributed by atoms with Crippen LogP contribution in [-0.2, 0) is 4.79 Å². The third kappa shape index (κ3) is 2.29. The van der Waals surface area contributed by atoms with Gasteiger partial charge in [-0.2, -0.15) is 0 Å². The molecular formula is C9H7F2NO2. The summed E-state index contributed by atoms with van der Waals surface area (Å²) in [5.74, 6) is -2.92. The molecule has 0 bridgehead atoms. The summed E-state index contributed by atoms with van der Waals surface area (Å²) in [4.78, 5) is 10.1. The van der Waals surface area contributed by atoms with E-state index in [1.165, 1.54) is 0 Å². The fourth-order valence-electron chi connectivity index (χ4n) is 0.935. The molecule has 0 unspecified atom stereocenters. The fraction of sp³-hybridized carbons (Fsp3) is 0. The lowest BCUT2D eigenvalue weighted by molar-refractivity contribution is -0.131. The molecule has 0 aliphatic carbocycles. The maximum atomic E-state index is 13.0. The van der Waals surface area contributed by atoms with Crippen LogP contribution in [0.5, 0.6) is 0 Å². The maximum absolute atomic E-state index is 13.0. The first-order valence-electron chi connectivity index (χ1n) is 3.66. The summed E-state index contributed by atoms with van der Waals surface area (Å²) in [6.45, 7) is 0. The molecule has 0 fully saturated rings. The largest absolute Gasteiger partial charge is 0.478 e. The zero-order chi connectivity index (χ0) is 10.7. The molecule has 0 atom stereocenters. The first-order chi connectivity index (χ1) is 6.50. The quantitative estimate of drug-likeness (QED) is 0.562. The SMILES string of the molecule is Nc1cc(F)cc(F)c1C=CC(=O)O. The van der Waals surface area contributed by atoms with Gasteiger partial charge in [-0.25, -0.2) is 13.6 Å². The highest BCUT2D eigenvalue weighted by Gasteiger charge is 2.06. The van der Waals surface area contributed by atoms with Crippen molar-refractivity contribution in [3.8, 4) is 0 Å². The molecule has 0 spiro atoms. The predicted molar refractivity (Wildman–Crippen MR) is 47.4 cm³/mol. The van der Waals surface area contributed by atoms with Crippen LogP contribution in [0.3, 0.4) is 0 Å². The third-order valence-electron chi connectivity index (χ3n) is 1.52. The van der Waals surface area contributed by atoms with E-state index in [9.17, 15) is 13.6 Å². The van der Waals surface area contributed by atoms with Crippen molar-refractivity contribution < 1.29 is 18.7 Å². The van der Waals surface area contributed by atoms with Gasteiger partial charge in [-0.1, -0.05) is 0 Å². The second-order valence-electron chi connectivity index (χ2n) is 2.56. The highest BCUT2D eigenvalue weighted by atomic mass is 19.1. The van der Waals surface area contributed by atoms with Crippen LogP contribution in [0.2, 0.25) is 0 Å². The molecule has 3 N–H and O–H groups in total. The Morgan fingerprint density at radius 2 is 2.07 bits per heavy atom. The lowest BCUT2D eigenvalue weighted by Gasteiger charge is -2.01. The molecule has 0 aliphatic heterocycles. The average Bonchev–Trinajstić information content (AvgIpc) is 2.01. The smallest absolute Gasteiger partial charge is 0.328 e. The summed E-state index contributed by atoms with van der Waals surface area (Å²) in [5, 5.41) is 8.29. The van der Waals surface area contributed by atoms with Gasteiger partial charge in [0.2, 0.25) is 0 Å². The van der Waals surface area contributed by atoms with E-state index in [2.05, 4.69) is 0 Å².